The SMILES string of the molecule is Brc1cccc(-c2nc(-c3ccccc3)nc(-c3ccc(-c4ccc5[nH]c6c(ccc7c6c6ccc8c(ccn8-c8ccccc8)c6n7-c6ccccc6)c5c4)cc3)n2)c1. The maximum atomic E-state index is 4.96. The van der Waals surface area contributed by atoms with E-state index in [0.29, 0.717) is 17.5 Å². The Kier molecular flexibility index (Phi) is 7.89. The molecule has 0 atom stereocenters. The number of halogens is 1. The van der Waals surface area contributed by atoms with E-state index in [9.17, 15) is 0 Å². The molecule has 4 heterocycles. The molecule has 0 spiro atoms. The summed E-state index contributed by atoms with van der Waals surface area (Å²) in [5.74, 6) is 1.90. The third kappa shape index (κ3) is 5.58. The molecule has 0 saturated heterocycles. The number of nitrogens with zero attached hydrogens (tertiary/aromatic N) is 5. The molecule has 0 unspecified atom stereocenters. The number of hydrogen-bond acceptors (Lipinski definition) is 3. The standard InChI is InChI=1S/C53H33BrN6/c54-38-14-10-13-37(31-38)53-57-51(34-11-4-1-5-12-34)56-52(58-53)35-21-19-33(20-22-35)36-23-26-45-44(32-36)41-24-28-47-48(49(41)55-45)43-25-27-46-42(29-30-59(46)39-15-6-2-7-16-39)50(43)60(47)40-17-8-3-9-18-40/h1-32,55H. The minimum absolute atomic E-state index is 0.630. The minimum atomic E-state index is 0.630. The molecular weight excluding hydrogens is 801 g/mol. The second kappa shape index (κ2) is 13.8. The normalized spacial score (nSPS) is 11.8. The lowest BCUT2D eigenvalue weighted by Gasteiger charge is -2.09. The molecule has 0 bridgehead atoms. The molecule has 1 N–H and O–H groups in total. The lowest BCUT2D eigenvalue weighted by Crippen LogP contribution is -2.00. The number of benzene rings is 8. The lowest BCUT2D eigenvalue weighted by molar-refractivity contribution is 1.07. The molecule has 0 radical (unpaired) electrons. The highest BCUT2D eigenvalue weighted by Gasteiger charge is 2.21. The molecule has 0 aliphatic rings. The van der Waals surface area contributed by atoms with Gasteiger partial charge in [0.05, 0.1) is 22.1 Å². The van der Waals surface area contributed by atoms with Crippen molar-refractivity contribution >= 4 is 70.4 Å². The highest BCUT2D eigenvalue weighted by atomic mass is 79.9. The number of H-pyrrole nitrogens is 1. The van der Waals surface area contributed by atoms with Gasteiger partial charge in [-0.3, -0.25) is 0 Å². The van der Waals surface area contributed by atoms with Gasteiger partial charge in [0.2, 0.25) is 0 Å². The predicted molar refractivity (Wildman–Crippen MR) is 250 cm³/mol. The van der Waals surface area contributed by atoms with E-state index >= 15 is 0 Å². The summed E-state index contributed by atoms with van der Waals surface area (Å²) in [7, 11) is 0. The largest absolute Gasteiger partial charge is 0.354 e. The maximum absolute atomic E-state index is 4.96. The van der Waals surface area contributed by atoms with E-state index in [-0.39, 0.29) is 0 Å². The van der Waals surface area contributed by atoms with Gasteiger partial charge in [-0.15, -0.1) is 0 Å². The van der Waals surface area contributed by atoms with Crippen molar-refractivity contribution in [3.8, 4) is 56.7 Å². The second-order valence-electron chi connectivity index (χ2n) is 15.1. The van der Waals surface area contributed by atoms with Gasteiger partial charge in [-0.25, -0.2) is 15.0 Å². The van der Waals surface area contributed by atoms with Crippen molar-refractivity contribution in [2.45, 2.75) is 0 Å². The average Bonchev–Trinajstić information content (AvgIpc) is 4.01. The van der Waals surface area contributed by atoms with E-state index in [2.05, 4.69) is 170 Å². The van der Waals surface area contributed by atoms with Crippen molar-refractivity contribution in [2.75, 3.05) is 0 Å². The van der Waals surface area contributed by atoms with Crippen LogP contribution >= 0.6 is 15.9 Å². The zero-order chi connectivity index (χ0) is 39.7. The molecule has 0 aliphatic carbocycles. The van der Waals surface area contributed by atoms with Crippen molar-refractivity contribution < 1.29 is 0 Å². The Morgan fingerprint density at radius 1 is 0.417 bits per heavy atom. The number of fused-ring (bicyclic) bond motifs is 9. The van der Waals surface area contributed by atoms with Gasteiger partial charge in [0, 0.05) is 71.2 Å². The molecule has 8 aromatic carbocycles. The molecule has 6 nitrogen and oxygen atoms in total. The van der Waals surface area contributed by atoms with Gasteiger partial charge in [0.1, 0.15) is 0 Å². The number of aromatic amines is 1. The molecule has 7 heteroatoms. The van der Waals surface area contributed by atoms with Gasteiger partial charge in [-0.05, 0) is 83.9 Å². The van der Waals surface area contributed by atoms with Gasteiger partial charge in [0.25, 0.3) is 0 Å². The third-order valence-electron chi connectivity index (χ3n) is 11.6. The molecule has 4 aromatic heterocycles. The first kappa shape index (κ1) is 34.4. The number of hydrogen-bond donors (Lipinski definition) is 1. The zero-order valence-electron chi connectivity index (χ0n) is 32.1. The van der Waals surface area contributed by atoms with Gasteiger partial charge in [-0.2, -0.15) is 0 Å². The van der Waals surface area contributed by atoms with E-state index < -0.39 is 0 Å². The van der Waals surface area contributed by atoms with E-state index in [1.165, 1.54) is 43.5 Å². The summed E-state index contributed by atoms with van der Waals surface area (Å²) >= 11 is 3.61. The van der Waals surface area contributed by atoms with Crippen LogP contribution in [0.3, 0.4) is 0 Å². The lowest BCUT2D eigenvalue weighted by atomic mass is 10.0. The smallest absolute Gasteiger partial charge is 0.164 e. The van der Waals surface area contributed by atoms with Crippen LogP contribution in [-0.4, -0.2) is 29.1 Å². The van der Waals surface area contributed by atoms with Crippen LogP contribution < -0.4 is 0 Å². The Morgan fingerprint density at radius 2 is 1.02 bits per heavy atom. The summed E-state index contributed by atoms with van der Waals surface area (Å²) in [6, 6.07) is 66.1. The summed E-state index contributed by atoms with van der Waals surface area (Å²) in [6.45, 7) is 0. The van der Waals surface area contributed by atoms with Gasteiger partial charge in [-0.1, -0.05) is 131 Å². The molecule has 12 rings (SSSR count). The molecule has 0 fully saturated rings. The van der Waals surface area contributed by atoms with Crippen molar-refractivity contribution in [1.29, 1.82) is 0 Å². The Bertz CT molecular complexity index is 3590. The minimum Gasteiger partial charge on any atom is -0.354 e. The Morgan fingerprint density at radius 3 is 1.75 bits per heavy atom. The fourth-order valence-electron chi connectivity index (χ4n) is 8.81. The highest BCUT2D eigenvalue weighted by molar-refractivity contribution is 9.10. The number of para-hydroxylation sites is 2. The summed E-state index contributed by atoms with van der Waals surface area (Å²) in [5.41, 5.74) is 13.1. The number of rotatable bonds is 6. The Hall–Kier alpha value is -7.61. The van der Waals surface area contributed by atoms with Crippen LogP contribution in [0.15, 0.2) is 199 Å². The van der Waals surface area contributed by atoms with Crippen LogP contribution in [0.5, 0.6) is 0 Å². The Labute approximate surface area is 353 Å². The van der Waals surface area contributed by atoms with Crippen LogP contribution in [0.4, 0.5) is 0 Å². The van der Waals surface area contributed by atoms with Crippen molar-refractivity contribution in [3.63, 3.8) is 0 Å². The highest BCUT2D eigenvalue weighted by Crippen LogP contribution is 2.42. The van der Waals surface area contributed by atoms with Crippen molar-refractivity contribution in [1.82, 2.24) is 29.1 Å². The molecule has 60 heavy (non-hydrogen) atoms. The quantitative estimate of drug-likeness (QED) is 0.181. The van der Waals surface area contributed by atoms with E-state index in [4.69, 9.17) is 15.0 Å². The van der Waals surface area contributed by atoms with Gasteiger partial charge >= 0.3 is 0 Å². The van der Waals surface area contributed by atoms with Crippen LogP contribution in [0.25, 0.3) is 111 Å². The first-order chi connectivity index (χ1) is 29.6. The van der Waals surface area contributed by atoms with Crippen LogP contribution in [0.2, 0.25) is 0 Å². The van der Waals surface area contributed by atoms with Crippen molar-refractivity contribution in [2.24, 2.45) is 0 Å². The predicted octanol–water partition coefficient (Wildman–Crippen LogP) is 14.0. The van der Waals surface area contributed by atoms with E-state index in [0.717, 1.165) is 54.7 Å². The van der Waals surface area contributed by atoms with Crippen LogP contribution in [0, 0.1) is 0 Å². The average molecular weight is 834 g/mol. The number of aromatic nitrogens is 6. The molecule has 0 saturated carbocycles. The monoisotopic (exact) mass is 832 g/mol. The molecule has 12 aromatic rings. The van der Waals surface area contributed by atoms with E-state index in [1.54, 1.807) is 0 Å². The zero-order valence-corrected chi connectivity index (χ0v) is 33.7. The summed E-state index contributed by atoms with van der Waals surface area (Å²) in [6.07, 6.45) is 2.19. The summed E-state index contributed by atoms with van der Waals surface area (Å²) in [5, 5.41) is 6.04. The fourth-order valence-corrected chi connectivity index (χ4v) is 9.21. The van der Waals surface area contributed by atoms with Gasteiger partial charge < -0.3 is 14.1 Å². The fraction of sp³-hybridized carbons (Fsp3) is 0. The topological polar surface area (TPSA) is 64.3 Å². The molecule has 0 amide bonds. The van der Waals surface area contributed by atoms with E-state index in [1.807, 2.05) is 54.6 Å². The molecule has 0 aliphatic heterocycles. The van der Waals surface area contributed by atoms with Crippen LogP contribution in [-0.2, 0) is 0 Å². The second-order valence-corrected chi connectivity index (χ2v) is 16.0. The molecule has 282 valence electrons. The van der Waals surface area contributed by atoms with Crippen LogP contribution in [0.1, 0.15) is 0 Å². The Balaban J connectivity index is 0.980. The maximum Gasteiger partial charge on any atom is 0.164 e. The first-order valence-electron chi connectivity index (χ1n) is 20.0. The summed E-state index contributed by atoms with van der Waals surface area (Å²) in [4.78, 5) is 18.7. The first-order valence-corrected chi connectivity index (χ1v) is 20.8. The summed E-state index contributed by atoms with van der Waals surface area (Å²) < 4.78 is 5.68. The molecular formula is C53H33BrN6. The number of nitrogens with one attached hydrogen (secondary N) is 1. The van der Waals surface area contributed by atoms with Gasteiger partial charge in [0.15, 0.2) is 17.5 Å². The van der Waals surface area contributed by atoms with Crippen molar-refractivity contribution in [3.05, 3.63) is 199 Å². The third-order valence-corrected chi connectivity index (χ3v) is 12.1.